The molecule has 1 unspecified atom stereocenters. The SMILES string of the molecule is CCC(CO)NCc1cccc(OC)c1OCc1ccc(F)cc1Cl. The molecule has 0 radical (unpaired) electrons. The average molecular weight is 368 g/mol. The van der Waals surface area contributed by atoms with Gasteiger partial charge < -0.3 is 19.9 Å². The number of aliphatic hydroxyl groups is 1. The van der Waals surface area contributed by atoms with E-state index in [2.05, 4.69) is 5.32 Å². The lowest BCUT2D eigenvalue weighted by molar-refractivity contribution is 0.236. The fourth-order valence-electron chi connectivity index (χ4n) is 2.41. The number of rotatable bonds is 9. The number of hydrogen-bond acceptors (Lipinski definition) is 4. The van der Waals surface area contributed by atoms with Crippen LogP contribution < -0.4 is 14.8 Å². The Morgan fingerprint density at radius 3 is 2.68 bits per heavy atom. The van der Waals surface area contributed by atoms with Gasteiger partial charge in [-0.3, -0.25) is 0 Å². The van der Waals surface area contributed by atoms with Gasteiger partial charge in [0.15, 0.2) is 11.5 Å². The molecule has 2 aromatic carbocycles. The highest BCUT2D eigenvalue weighted by atomic mass is 35.5. The molecule has 0 saturated carbocycles. The highest BCUT2D eigenvalue weighted by molar-refractivity contribution is 6.31. The molecule has 0 heterocycles. The fourth-order valence-corrected chi connectivity index (χ4v) is 2.63. The summed E-state index contributed by atoms with van der Waals surface area (Å²) in [4.78, 5) is 0. The lowest BCUT2D eigenvalue weighted by atomic mass is 10.1. The predicted octanol–water partition coefficient (Wildman–Crippen LogP) is 3.93. The van der Waals surface area contributed by atoms with Crippen molar-refractivity contribution in [2.75, 3.05) is 13.7 Å². The first-order valence-corrected chi connectivity index (χ1v) is 8.53. The van der Waals surface area contributed by atoms with Gasteiger partial charge in [0.1, 0.15) is 12.4 Å². The molecule has 2 aromatic rings. The maximum Gasteiger partial charge on any atom is 0.166 e. The van der Waals surface area contributed by atoms with E-state index in [1.165, 1.54) is 12.1 Å². The quantitative estimate of drug-likeness (QED) is 0.705. The molecule has 0 amide bonds. The van der Waals surface area contributed by atoms with Crippen molar-refractivity contribution in [3.8, 4) is 11.5 Å². The summed E-state index contributed by atoms with van der Waals surface area (Å²) in [5.41, 5.74) is 1.60. The highest BCUT2D eigenvalue weighted by Crippen LogP contribution is 2.32. The Bertz CT molecular complexity index is 692. The molecule has 0 aliphatic carbocycles. The van der Waals surface area contributed by atoms with Crippen LogP contribution in [0.4, 0.5) is 4.39 Å². The maximum absolute atomic E-state index is 13.2. The van der Waals surface area contributed by atoms with Gasteiger partial charge in [-0.2, -0.15) is 0 Å². The summed E-state index contributed by atoms with van der Waals surface area (Å²) < 4.78 is 24.5. The molecule has 6 heteroatoms. The van der Waals surface area contributed by atoms with Crippen LogP contribution in [0.1, 0.15) is 24.5 Å². The second kappa shape index (κ2) is 9.61. The van der Waals surface area contributed by atoms with Gasteiger partial charge in [0, 0.05) is 23.7 Å². The standard InChI is InChI=1S/C19H23ClFNO3/c1-3-16(11-23)22-10-13-5-4-6-18(24-2)19(13)25-12-14-7-8-15(21)9-17(14)20/h4-9,16,22-23H,3,10-12H2,1-2H3. The molecule has 0 aliphatic rings. The fraction of sp³-hybridized carbons (Fsp3) is 0.368. The number of aliphatic hydroxyl groups excluding tert-OH is 1. The van der Waals surface area contributed by atoms with Crippen molar-refractivity contribution in [3.05, 3.63) is 58.4 Å². The van der Waals surface area contributed by atoms with E-state index < -0.39 is 0 Å². The summed E-state index contributed by atoms with van der Waals surface area (Å²) in [6.45, 7) is 2.81. The summed E-state index contributed by atoms with van der Waals surface area (Å²) >= 11 is 6.06. The van der Waals surface area contributed by atoms with Crippen LogP contribution in [-0.4, -0.2) is 24.9 Å². The average Bonchev–Trinajstić information content (AvgIpc) is 2.62. The third-order valence-corrected chi connectivity index (χ3v) is 4.31. The lowest BCUT2D eigenvalue weighted by Gasteiger charge is -2.18. The van der Waals surface area contributed by atoms with E-state index in [0.717, 1.165) is 12.0 Å². The van der Waals surface area contributed by atoms with Crippen LogP contribution in [0.25, 0.3) is 0 Å². The normalized spacial score (nSPS) is 12.0. The van der Waals surface area contributed by atoms with Gasteiger partial charge in [0.05, 0.1) is 18.7 Å². The molecule has 0 fully saturated rings. The molecule has 2 N–H and O–H groups in total. The Morgan fingerprint density at radius 1 is 1.24 bits per heavy atom. The van der Waals surface area contributed by atoms with Crippen LogP contribution in [0.3, 0.4) is 0 Å². The third-order valence-electron chi connectivity index (χ3n) is 3.96. The number of hydrogen-bond donors (Lipinski definition) is 2. The van der Waals surface area contributed by atoms with E-state index in [9.17, 15) is 9.50 Å². The van der Waals surface area contributed by atoms with E-state index in [1.807, 2.05) is 25.1 Å². The van der Waals surface area contributed by atoms with Crippen LogP contribution in [0.5, 0.6) is 11.5 Å². The second-order valence-electron chi connectivity index (χ2n) is 5.64. The third kappa shape index (κ3) is 5.33. The zero-order valence-electron chi connectivity index (χ0n) is 14.4. The first-order valence-electron chi connectivity index (χ1n) is 8.15. The molecule has 0 aliphatic heterocycles. The number of halogens is 2. The van der Waals surface area contributed by atoms with Crippen molar-refractivity contribution in [1.82, 2.24) is 5.32 Å². The van der Waals surface area contributed by atoms with Crippen LogP contribution in [-0.2, 0) is 13.2 Å². The van der Waals surface area contributed by atoms with E-state index in [0.29, 0.717) is 28.6 Å². The number of nitrogens with one attached hydrogen (secondary N) is 1. The van der Waals surface area contributed by atoms with Crippen molar-refractivity contribution in [1.29, 1.82) is 0 Å². The molecule has 1 atom stereocenters. The summed E-state index contributed by atoms with van der Waals surface area (Å²) in [5, 5.41) is 12.9. The van der Waals surface area contributed by atoms with Gasteiger partial charge in [-0.15, -0.1) is 0 Å². The minimum atomic E-state index is -0.384. The molecule has 2 rings (SSSR count). The van der Waals surface area contributed by atoms with Gasteiger partial charge in [-0.25, -0.2) is 4.39 Å². The Morgan fingerprint density at radius 2 is 2.04 bits per heavy atom. The van der Waals surface area contributed by atoms with E-state index in [-0.39, 0.29) is 25.1 Å². The van der Waals surface area contributed by atoms with Crippen LogP contribution in [0.2, 0.25) is 5.02 Å². The summed E-state index contributed by atoms with van der Waals surface area (Å²) in [5.74, 6) is 0.825. The molecule has 25 heavy (non-hydrogen) atoms. The van der Waals surface area contributed by atoms with Crippen LogP contribution in [0.15, 0.2) is 36.4 Å². The topological polar surface area (TPSA) is 50.7 Å². The van der Waals surface area contributed by atoms with E-state index in [1.54, 1.807) is 13.2 Å². The number of methoxy groups -OCH3 is 1. The lowest BCUT2D eigenvalue weighted by Crippen LogP contribution is -2.31. The van der Waals surface area contributed by atoms with Gasteiger partial charge in [0.25, 0.3) is 0 Å². The molecule has 4 nitrogen and oxygen atoms in total. The largest absolute Gasteiger partial charge is 0.493 e. The second-order valence-corrected chi connectivity index (χ2v) is 6.05. The Kier molecular flexibility index (Phi) is 7.50. The molecule has 0 aromatic heterocycles. The molecule has 136 valence electrons. The number of ether oxygens (including phenoxy) is 2. The van der Waals surface area contributed by atoms with Crippen molar-refractivity contribution in [2.45, 2.75) is 32.5 Å². The summed E-state index contributed by atoms with van der Waals surface area (Å²) in [6, 6.07) is 9.86. The van der Waals surface area contributed by atoms with Gasteiger partial charge >= 0.3 is 0 Å². The van der Waals surface area contributed by atoms with Crippen molar-refractivity contribution < 1.29 is 19.0 Å². The van der Waals surface area contributed by atoms with Crippen LogP contribution in [0, 0.1) is 5.82 Å². The van der Waals surface area contributed by atoms with Crippen molar-refractivity contribution >= 4 is 11.6 Å². The highest BCUT2D eigenvalue weighted by Gasteiger charge is 2.13. The smallest absolute Gasteiger partial charge is 0.166 e. The van der Waals surface area contributed by atoms with Gasteiger partial charge in [-0.1, -0.05) is 36.7 Å². The Hall–Kier alpha value is -1.82. The van der Waals surface area contributed by atoms with Gasteiger partial charge in [0.2, 0.25) is 0 Å². The molecular formula is C19H23ClFNO3. The monoisotopic (exact) mass is 367 g/mol. The Labute approximate surface area is 152 Å². The Balaban J connectivity index is 2.16. The molecule has 0 bridgehead atoms. The molecular weight excluding hydrogens is 345 g/mol. The van der Waals surface area contributed by atoms with Crippen LogP contribution >= 0.6 is 11.6 Å². The van der Waals surface area contributed by atoms with E-state index in [4.69, 9.17) is 21.1 Å². The zero-order chi connectivity index (χ0) is 18.2. The van der Waals surface area contributed by atoms with E-state index >= 15 is 0 Å². The minimum absolute atomic E-state index is 0.0191. The summed E-state index contributed by atoms with van der Waals surface area (Å²) in [6.07, 6.45) is 0.821. The predicted molar refractivity (Wildman–Crippen MR) is 96.7 cm³/mol. The number of para-hydroxylation sites is 1. The van der Waals surface area contributed by atoms with Gasteiger partial charge in [-0.05, 0) is 24.6 Å². The first-order chi connectivity index (χ1) is 12.1. The number of benzene rings is 2. The molecule has 0 spiro atoms. The first kappa shape index (κ1) is 19.5. The zero-order valence-corrected chi connectivity index (χ0v) is 15.1. The maximum atomic E-state index is 13.2. The minimum Gasteiger partial charge on any atom is -0.493 e. The van der Waals surface area contributed by atoms with Crippen molar-refractivity contribution in [2.24, 2.45) is 0 Å². The summed E-state index contributed by atoms with van der Waals surface area (Å²) in [7, 11) is 1.58. The van der Waals surface area contributed by atoms with Crippen molar-refractivity contribution in [3.63, 3.8) is 0 Å². The molecule has 0 saturated heterocycles.